The van der Waals surface area contributed by atoms with Crippen LogP contribution in [0, 0.1) is 0 Å². The van der Waals surface area contributed by atoms with Crippen LogP contribution in [-0.2, 0) is 6.42 Å². The maximum Gasteiger partial charge on any atom is 0.321 e. The number of pyridine rings is 1. The summed E-state index contributed by atoms with van der Waals surface area (Å²) in [5.41, 5.74) is 2.13. The minimum Gasteiger partial charge on any atom is -0.341 e. The van der Waals surface area contributed by atoms with Crippen molar-refractivity contribution in [1.29, 1.82) is 0 Å². The molecule has 0 radical (unpaired) electrons. The molecule has 0 aliphatic carbocycles. The number of nitrogens with zero attached hydrogens (tertiary/aromatic N) is 2. The van der Waals surface area contributed by atoms with Gasteiger partial charge in [0, 0.05) is 26.0 Å². The van der Waals surface area contributed by atoms with Crippen LogP contribution >= 0.6 is 0 Å². The van der Waals surface area contributed by atoms with E-state index in [1.807, 2.05) is 12.3 Å². The molecule has 1 aliphatic rings. The summed E-state index contributed by atoms with van der Waals surface area (Å²) in [4.78, 5) is 17.1. The van der Waals surface area contributed by atoms with Gasteiger partial charge in [-0.05, 0) is 18.1 Å². The normalized spacial score (nSPS) is 14.1. The Morgan fingerprint density at radius 3 is 3.31 bits per heavy atom. The molecule has 0 spiro atoms. The number of anilines is 1. The van der Waals surface area contributed by atoms with Crippen LogP contribution in [0.3, 0.4) is 0 Å². The Balaban J connectivity index is 2.33. The first-order valence-electron chi connectivity index (χ1n) is 4.25. The fourth-order valence-electron chi connectivity index (χ4n) is 1.57. The Morgan fingerprint density at radius 1 is 1.69 bits per heavy atom. The van der Waals surface area contributed by atoms with E-state index in [1.54, 1.807) is 18.1 Å². The smallest absolute Gasteiger partial charge is 0.321 e. The minimum atomic E-state index is -0.0510. The van der Waals surface area contributed by atoms with E-state index in [0.717, 1.165) is 24.2 Å². The third-order valence-corrected chi connectivity index (χ3v) is 2.23. The van der Waals surface area contributed by atoms with Gasteiger partial charge in [0.25, 0.3) is 0 Å². The molecular weight excluding hydrogens is 166 g/mol. The van der Waals surface area contributed by atoms with Gasteiger partial charge in [-0.2, -0.15) is 0 Å². The van der Waals surface area contributed by atoms with Gasteiger partial charge in [0.05, 0.1) is 5.69 Å². The molecule has 2 amide bonds. The van der Waals surface area contributed by atoms with Crippen LogP contribution in [0.25, 0.3) is 0 Å². The Labute approximate surface area is 76.6 Å². The number of aromatic nitrogens is 1. The first-order valence-corrected chi connectivity index (χ1v) is 4.25. The highest BCUT2D eigenvalue weighted by atomic mass is 16.2. The van der Waals surface area contributed by atoms with Crippen molar-refractivity contribution in [3.63, 3.8) is 0 Å². The summed E-state index contributed by atoms with van der Waals surface area (Å²) in [7, 11) is 1.64. The molecule has 1 aliphatic heterocycles. The van der Waals surface area contributed by atoms with Crippen molar-refractivity contribution in [2.24, 2.45) is 0 Å². The summed E-state index contributed by atoms with van der Waals surface area (Å²) >= 11 is 0. The zero-order valence-electron chi connectivity index (χ0n) is 7.45. The molecular formula is C9H11N3O. The number of rotatable bonds is 0. The lowest BCUT2D eigenvalue weighted by molar-refractivity contribution is 0.248. The Morgan fingerprint density at radius 2 is 2.54 bits per heavy atom. The van der Waals surface area contributed by atoms with E-state index in [2.05, 4.69) is 10.3 Å². The van der Waals surface area contributed by atoms with Crippen molar-refractivity contribution < 1.29 is 4.79 Å². The zero-order chi connectivity index (χ0) is 9.26. The van der Waals surface area contributed by atoms with Gasteiger partial charge >= 0.3 is 6.03 Å². The quantitative estimate of drug-likeness (QED) is 0.636. The molecule has 4 nitrogen and oxygen atoms in total. The van der Waals surface area contributed by atoms with Crippen LogP contribution in [-0.4, -0.2) is 24.6 Å². The lowest BCUT2D eigenvalue weighted by atomic mass is 10.2. The molecule has 68 valence electrons. The first-order chi connectivity index (χ1) is 6.33. The van der Waals surface area contributed by atoms with Crippen molar-refractivity contribution in [3.8, 4) is 0 Å². The molecule has 1 N–H and O–H groups in total. The van der Waals surface area contributed by atoms with Crippen LogP contribution in [0.2, 0.25) is 0 Å². The van der Waals surface area contributed by atoms with E-state index in [0.29, 0.717) is 0 Å². The van der Waals surface area contributed by atoms with Gasteiger partial charge in [0.1, 0.15) is 0 Å². The molecule has 0 bridgehead atoms. The molecule has 2 heterocycles. The lowest BCUT2D eigenvalue weighted by Gasteiger charge is -2.15. The topological polar surface area (TPSA) is 45.2 Å². The highest BCUT2D eigenvalue weighted by Gasteiger charge is 2.23. The summed E-state index contributed by atoms with van der Waals surface area (Å²) in [6, 6.07) is 1.82. The van der Waals surface area contributed by atoms with E-state index >= 15 is 0 Å². The van der Waals surface area contributed by atoms with Gasteiger partial charge < -0.3 is 5.32 Å². The maximum absolute atomic E-state index is 11.4. The average Bonchev–Trinajstić information content (AvgIpc) is 2.60. The highest BCUT2D eigenvalue weighted by molar-refractivity contribution is 5.93. The molecule has 4 heteroatoms. The van der Waals surface area contributed by atoms with Gasteiger partial charge in [-0.25, -0.2) is 4.79 Å². The third-order valence-electron chi connectivity index (χ3n) is 2.23. The van der Waals surface area contributed by atoms with Crippen molar-refractivity contribution in [1.82, 2.24) is 10.3 Å². The molecule has 0 saturated heterocycles. The molecule has 2 rings (SSSR count). The van der Waals surface area contributed by atoms with Crippen LogP contribution in [0.4, 0.5) is 10.5 Å². The van der Waals surface area contributed by atoms with E-state index in [9.17, 15) is 4.79 Å². The van der Waals surface area contributed by atoms with Crippen LogP contribution in [0.5, 0.6) is 0 Å². The molecule has 0 atom stereocenters. The molecule has 0 aromatic carbocycles. The summed E-state index contributed by atoms with van der Waals surface area (Å²) in [5, 5.41) is 2.61. The fourth-order valence-corrected chi connectivity index (χ4v) is 1.57. The summed E-state index contributed by atoms with van der Waals surface area (Å²) < 4.78 is 0. The van der Waals surface area contributed by atoms with Gasteiger partial charge in [0.2, 0.25) is 0 Å². The Kier molecular flexibility index (Phi) is 1.88. The average molecular weight is 177 g/mol. The second-order valence-corrected chi connectivity index (χ2v) is 2.96. The molecule has 13 heavy (non-hydrogen) atoms. The van der Waals surface area contributed by atoms with Crippen molar-refractivity contribution in [2.45, 2.75) is 6.42 Å². The van der Waals surface area contributed by atoms with Gasteiger partial charge in [-0.3, -0.25) is 9.88 Å². The molecule has 1 aromatic rings. The highest BCUT2D eigenvalue weighted by Crippen LogP contribution is 2.26. The number of nitrogens with one attached hydrogen (secondary N) is 1. The summed E-state index contributed by atoms with van der Waals surface area (Å²) in [6.45, 7) is 0.751. The number of amides is 2. The fraction of sp³-hybridized carbons (Fsp3) is 0.333. The van der Waals surface area contributed by atoms with Crippen molar-refractivity contribution >= 4 is 11.7 Å². The largest absolute Gasteiger partial charge is 0.341 e. The third kappa shape index (κ3) is 1.24. The molecule has 1 aromatic heterocycles. The second-order valence-electron chi connectivity index (χ2n) is 2.96. The number of urea groups is 1. The number of carbonyl (C=O) groups excluding carboxylic acids is 1. The summed E-state index contributed by atoms with van der Waals surface area (Å²) in [5.74, 6) is 0. The van der Waals surface area contributed by atoms with E-state index in [-0.39, 0.29) is 6.03 Å². The first kappa shape index (κ1) is 8.04. The van der Waals surface area contributed by atoms with E-state index in [1.165, 1.54) is 0 Å². The monoisotopic (exact) mass is 177 g/mol. The molecule has 0 fully saturated rings. The van der Waals surface area contributed by atoms with Crippen molar-refractivity contribution in [3.05, 3.63) is 24.0 Å². The Hall–Kier alpha value is -1.58. The van der Waals surface area contributed by atoms with Crippen LogP contribution in [0.15, 0.2) is 18.5 Å². The van der Waals surface area contributed by atoms with E-state index < -0.39 is 0 Å². The predicted molar refractivity (Wildman–Crippen MR) is 49.7 cm³/mol. The molecule has 0 saturated carbocycles. The standard InChI is InChI=1S/C9H11N3O/c1-10-9(13)12-5-3-7-6-11-4-2-8(7)12/h2,4,6H,3,5H2,1H3,(H,10,13). The van der Waals surface area contributed by atoms with Gasteiger partial charge in [-0.1, -0.05) is 0 Å². The number of fused-ring (bicyclic) bond motifs is 1. The minimum absolute atomic E-state index is 0.0510. The molecule has 0 unspecified atom stereocenters. The SMILES string of the molecule is CNC(=O)N1CCc2cnccc21. The van der Waals surface area contributed by atoms with E-state index in [4.69, 9.17) is 0 Å². The maximum atomic E-state index is 11.4. The summed E-state index contributed by atoms with van der Waals surface area (Å²) in [6.07, 6.45) is 4.43. The zero-order valence-corrected chi connectivity index (χ0v) is 7.45. The van der Waals surface area contributed by atoms with Crippen molar-refractivity contribution in [2.75, 3.05) is 18.5 Å². The van der Waals surface area contributed by atoms with Gasteiger partial charge in [0.15, 0.2) is 0 Å². The van der Waals surface area contributed by atoms with Crippen LogP contribution < -0.4 is 10.2 Å². The number of hydrogen-bond acceptors (Lipinski definition) is 2. The second kappa shape index (κ2) is 3.05. The Bertz CT molecular complexity index is 337. The number of carbonyl (C=O) groups is 1. The predicted octanol–water partition coefficient (Wildman–Crippen LogP) is 0.783. The van der Waals surface area contributed by atoms with Crippen LogP contribution in [0.1, 0.15) is 5.56 Å². The van der Waals surface area contributed by atoms with Gasteiger partial charge in [-0.15, -0.1) is 0 Å². The lowest BCUT2D eigenvalue weighted by Crippen LogP contribution is -2.36. The number of hydrogen-bond donors (Lipinski definition) is 1.